The van der Waals surface area contributed by atoms with Crippen molar-refractivity contribution in [1.29, 1.82) is 0 Å². The van der Waals surface area contributed by atoms with Crippen LogP contribution in [0.5, 0.6) is 5.75 Å². The molecule has 1 aromatic rings. The van der Waals surface area contributed by atoms with Gasteiger partial charge in [0.15, 0.2) is 0 Å². The minimum atomic E-state index is -0.574. The molecule has 0 saturated carbocycles. The lowest BCUT2D eigenvalue weighted by Gasteiger charge is -2.35. The number of halogens is 1. The number of benzene rings is 1. The fraction of sp³-hybridized carbons (Fsp3) is 0.357. The van der Waals surface area contributed by atoms with Crippen LogP contribution in [0.25, 0.3) is 0 Å². The van der Waals surface area contributed by atoms with Crippen LogP contribution in [0.15, 0.2) is 30.9 Å². The van der Waals surface area contributed by atoms with Crippen molar-refractivity contribution in [2.45, 2.75) is 26.3 Å². The SMILES string of the molecule is C=CCN(C(=O)c1ccc(F)cc1O)C(C)(C)C. The van der Waals surface area contributed by atoms with Crippen LogP contribution >= 0.6 is 0 Å². The predicted molar refractivity (Wildman–Crippen MR) is 69.1 cm³/mol. The van der Waals surface area contributed by atoms with Crippen molar-refractivity contribution in [2.24, 2.45) is 0 Å². The Morgan fingerprint density at radius 2 is 2.11 bits per heavy atom. The number of carbonyl (C=O) groups excluding carboxylic acids is 1. The van der Waals surface area contributed by atoms with Crippen LogP contribution in [0.1, 0.15) is 31.1 Å². The van der Waals surface area contributed by atoms with Crippen LogP contribution in [-0.4, -0.2) is 28.0 Å². The van der Waals surface area contributed by atoms with Gasteiger partial charge in [-0.25, -0.2) is 4.39 Å². The lowest BCUT2D eigenvalue weighted by Crippen LogP contribution is -2.45. The van der Waals surface area contributed by atoms with Crippen molar-refractivity contribution in [1.82, 2.24) is 4.90 Å². The highest BCUT2D eigenvalue weighted by Crippen LogP contribution is 2.23. The van der Waals surface area contributed by atoms with E-state index in [2.05, 4.69) is 6.58 Å². The number of rotatable bonds is 3. The Labute approximate surface area is 107 Å². The summed E-state index contributed by atoms with van der Waals surface area (Å²) in [6.45, 7) is 9.62. The molecule has 0 heterocycles. The van der Waals surface area contributed by atoms with Crippen molar-refractivity contribution in [2.75, 3.05) is 6.54 Å². The summed E-state index contributed by atoms with van der Waals surface area (Å²) in [7, 11) is 0. The zero-order valence-electron chi connectivity index (χ0n) is 10.9. The number of aromatic hydroxyl groups is 1. The summed E-state index contributed by atoms with van der Waals surface area (Å²) in [5, 5.41) is 9.63. The highest BCUT2D eigenvalue weighted by Gasteiger charge is 2.27. The molecule has 0 aliphatic carbocycles. The smallest absolute Gasteiger partial charge is 0.258 e. The Balaban J connectivity index is 3.14. The largest absolute Gasteiger partial charge is 0.507 e. The van der Waals surface area contributed by atoms with Crippen molar-refractivity contribution in [3.63, 3.8) is 0 Å². The van der Waals surface area contributed by atoms with E-state index in [-0.39, 0.29) is 17.2 Å². The third-order valence-corrected chi connectivity index (χ3v) is 2.56. The van der Waals surface area contributed by atoms with Gasteiger partial charge in [-0.2, -0.15) is 0 Å². The summed E-state index contributed by atoms with van der Waals surface area (Å²) < 4.78 is 12.9. The van der Waals surface area contributed by atoms with Gasteiger partial charge < -0.3 is 10.0 Å². The zero-order valence-corrected chi connectivity index (χ0v) is 10.9. The summed E-state index contributed by atoms with van der Waals surface area (Å²) in [6, 6.07) is 3.37. The standard InChI is InChI=1S/C14H18FNO2/c1-5-8-16(14(2,3)4)13(18)11-7-6-10(15)9-12(11)17/h5-7,9,17H,1,8H2,2-4H3. The molecule has 3 nitrogen and oxygen atoms in total. The van der Waals surface area contributed by atoms with Gasteiger partial charge in [0.2, 0.25) is 0 Å². The van der Waals surface area contributed by atoms with E-state index in [9.17, 15) is 14.3 Å². The van der Waals surface area contributed by atoms with Crippen LogP contribution < -0.4 is 0 Å². The Bertz CT molecular complexity index is 463. The first-order chi connectivity index (χ1) is 8.27. The third-order valence-electron chi connectivity index (χ3n) is 2.56. The average Bonchev–Trinajstić information content (AvgIpc) is 2.23. The maximum Gasteiger partial charge on any atom is 0.258 e. The van der Waals surface area contributed by atoms with Gasteiger partial charge in [0.25, 0.3) is 5.91 Å². The maximum atomic E-state index is 12.9. The summed E-state index contributed by atoms with van der Waals surface area (Å²) >= 11 is 0. The van der Waals surface area contributed by atoms with Crippen molar-refractivity contribution >= 4 is 5.91 Å². The second-order valence-electron chi connectivity index (χ2n) is 5.04. The van der Waals surface area contributed by atoms with Crippen LogP contribution in [0.4, 0.5) is 4.39 Å². The van der Waals surface area contributed by atoms with Gasteiger partial charge in [0.05, 0.1) is 5.56 Å². The average molecular weight is 251 g/mol. The first-order valence-electron chi connectivity index (χ1n) is 5.68. The number of phenolic OH excluding ortho intramolecular Hbond substituents is 1. The predicted octanol–water partition coefficient (Wildman–Crippen LogP) is 2.96. The molecule has 1 aromatic carbocycles. The minimum absolute atomic E-state index is 0.0909. The third kappa shape index (κ3) is 3.09. The first-order valence-corrected chi connectivity index (χ1v) is 5.68. The van der Waals surface area contributed by atoms with Gasteiger partial charge in [-0.05, 0) is 32.9 Å². The molecule has 1 amide bonds. The molecule has 0 bridgehead atoms. The van der Waals surface area contributed by atoms with Crippen LogP contribution in [0.3, 0.4) is 0 Å². The van der Waals surface area contributed by atoms with E-state index in [1.165, 1.54) is 6.07 Å². The number of carbonyl (C=O) groups is 1. The Morgan fingerprint density at radius 3 is 2.56 bits per heavy atom. The molecule has 98 valence electrons. The molecule has 0 aromatic heterocycles. The maximum absolute atomic E-state index is 12.9. The van der Waals surface area contributed by atoms with E-state index in [1.54, 1.807) is 11.0 Å². The first kappa shape index (κ1) is 14.2. The molecule has 0 saturated heterocycles. The van der Waals surface area contributed by atoms with E-state index < -0.39 is 11.4 Å². The fourth-order valence-electron chi connectivity index (χ4n) is 1.62. The van der Waals surface area contributed by atoms with Crippen molar-refractivity contribution in [3.05, 3.63) is 42.2 Å². The summed E-state index contributed by atoms with van der Waals surface area (Å²) in [5.41, 5.74) is -0.320. The topological polar surface area (TPSA) is 40.5 Å². The summed E-state index contributed by atoms with van der Waals surface area (Å²) in [5.74, 6) is -1.27. The van der Waals surface area contributed by atoms with E-state index in [0.717, 1.165) is 12.1 Å². The summed E-state index contributed by atoms with van der Waals surface area (Å²) in [4.78, 5) is 13.9. The number of amides is 1. The lowest BCUT2D eigenvalue weighted by atomic mass is 10.0. The molecule has 0 aliphatic rings. The lowest BCUT2D eigenvalue weighted by molar-refractivity contribution is 0.0613. The van der Waals surface area contributed by atoms with Gasteiger partial charge in [-0.1, -0.05) is 6.08 Å². The van der Waals surface area contributed by atoms with E-state index in [1.807, 2.05) is 20.8 Å². The fourth-order valence-corrected chi connectivity index (χ4v) is 1.62. The molecular formula is C14H18FNO2. The van der Waals surface area contributed by atoms with Gasteiger partial charge in [-0.15, -0.1) is 6.58 Å². The van der Waals surface area contributed by atoms with E-state index >= 15 is 0 Å². The minimum Gasteiger partial charge on any atom is -0.507 e. The monoisotopic (exact) mass is 251 g/mol. The Morgan fingerprint density at radius 1 is 1.50 bits per heavy atom. The molecule has 18 heavy (non-hydrogen) atoms. The second kappa shape index (κ2) is 5.21. The van der Waals surface area contributed by atoms with Gasteiger partial charge in [0, 0.05) is 18.2 Å². The van der Waals surface area contributed by atoms with Crippen LogP contribution in [0, 0.1) is 5.82 Å². The molecule has 1 rings (SSSR count). The highest BCUT2D eigenvalue weighted by atomic mass is 19.1. The molecule has 0 radical (unpaired) electrons. The van der Waals surface area contributed by atoms with E-state index in [0.29, 0.717) is 6.54 Å². The molecule has 0 spiro atoms. The number of phenols is 1. The number of hydrogen-bond donors (Lipinski definition) is 1. The molecule has 4 heteroatoms. The molecule has 0 aliphatic heterocycles. The number of nitrogens with zero attached hydrogens (tertiary/aromatic N) is 1. The Hall–Kier alpha value is -1.84. The Kier molecular flexibility index (Phi) is 4.11. The van der Waals surface area contributed by atoms with Crippen LogP contribution in [0.2, 0.25) is 0 Å². The quantitative estimate of drug-likeness (QED) is 0.839. The number of hydrogen-bond acceptors (Lipinski definition) is 2. The van der Waals surface area contributed by atoms with E-state index in [4.69, 9.17) is 0 Å². The molecule has 0 unspecified atom stereocenters. The molecular weight excluding hydrogens is 233 g/mol. The summed E-state index contributed by atoms with van der Waals surface area (Å²) in [6.07, 6.45) is 1.61. The molecule has 0 fully saturated rings. The van der Waals surface area contributed by atoms with Gasteiger partial charge in [-0.3, -0.25) is 4.79 Å². The molecule has 0 atom stereocenters. The molecule has 1 N–H and O–H groups in total. The van der Waals surface area contributed by atoms with Crippen molar-refractivity contribution in [3.8, 4) is 5.75 Å². The van der Waals surface area contributed by atoms with Crippen LogP contribution in [-0.2, 0) is 0 Å². The normalized spacial score (nSPS) is 11.1. The van der Waals surface area contributed by atoms with Gasteiger partial charge >= 0.3 is 0 Å². The van der Waals surface area contributed by atoms with Gasteiger partial charge in [0.1, 0.15) is 11.6 Å². The van der Waals surface area contributed by atoms with Crippen molar-refractivity contribution < 1.29 is 14.3 Å². The zero-order chi connectivity index (χ0) is 13.9. The second-order valence-corrected chi connectivity index (χ2v) is 5.04. The highest BCUT2D eigenvalue weighted by molar-refractivity contribution is 5.97.